The molecule has 2 aliphatic rings. The van der Waals surface area contributed by atoms with Crippen LogP contribution in [0.4, 0.5) is 11.4 Å². The Morgan fingerprint density at radius 2 is 0.712 bits per heavy atom. The summed E-state index contributed by atoms with van der Waals surface area (Å²) < 4.78 is 9.89. The molecule has 0 N–H and O–H groups in total. The summed E-state index contributed by atoms with van der Waals surface area (Å²) in [7, 11) is 0. The molecule has 0 unspecified atom stereocenters. The molecule has 0 amide bonds. The second kappa shape index (κ2) is 27.5. The summed E-state index contributed by atoms with van der Waals surface area (Å²) in [5.41, 5.74) is 10.1. The molecule has 0 aliphatic carbocycles. The molecule has 2 aliphatic heterocycles. The van der Waals surface area contributed by atoms with Gasteiger partial charge < -0.3 is 19.7 Å². The van der Waals surface area contributed by atoms with Gasteiger partial charge in [-0.25, -0.2) is 0 Å². The van der Waals surface area contributed by atoms with E-state index in [1.54, 1.807) is 13.8 Å². The Kier molecular flexibility index (Phi) is 27.6. The number of nitrogens with zero attached hydrogens (tertiary/aromatic N) is 2. The van der Waals surface area contributed by atoms with Gasteiger partial charge in [-0.2, -0.15) is 0 Å². The molecular formula is C44H68Li2N2O4. The number of hydrogen-bond donors (Lipinski definition) is 0. The molecule has 0 spiro atoms. The van der Waals surface area contributed by atoms with Gasteiger partial charge in [0, 0.05) is 37.9 Å². The van der Waals surface area contributed by atoms with Crippen LogP contribution in [0.3, 0.4) is 0 Å². The molecule has 2 aromatic rings. The maximum absolute atomic E-state index is 11.5. The Bertz CT molecular complexity index is 1260. The molecule has 280 valence electrons. The van der Waals surface area contributed by atoms with Gasteiger partial charge in [-0.3, -0.25) is 9.98 Å². The minimum absolute atomic E-state index is 0. The van der Waals surface area contributed by atoms with Gasteiger partial charge >= 0.3 is 37.7 Å². The third-order valence-corrected chi connectivity index (χ3v) is 9.04. The van der Waals surface area contributed by atoms with E-state index in [1.807, 2.05) is 27.7 Å². The molecule has 2 aromatic carbocycles. The largest absolute Gasteiger partial charge is 1.00 e. The normalized spacial score (nSPS) is 15.3. The Labute approximate surface area is 342 Å². The molecule has 0 saturated carbocycles. The van der Waals surface area contributed by atoms with Crippen molar-refractivity contribution in [2.75, 3.05) is 26.4 Å². The zero-order chi connectivity index (χ0) is 38.0. The molecule has 0 radical (unpaired) electrons. The number of hydrogen-bond acceptors (Lipinski definition) is 6. The molecule has 2 fully saturated rings. The Morgan fingerprint density at radius 3 is 0.865 bits per heavy atom. The van der Waals surface area contributed by atoms with Gasteiger partial charge in [0.05, 0.1) is 11.4 Å². The molecule has 2 heterocycles. The summed E-state index contributed by atoms with van der Waals surface area (Å²) in [6.45, 7) is 32.1. The van der Waals surface area contributed by atoms with Crippen LogP contribution in [0.15, 0.2) is 69.0 Å². The van der Waals surface area contributed by atoms with E-state index >= 15 is 0 Å². The molecule has 8 heteroatoms. The first-order valence-corrected chi connectivity index (χ1v) is 18.7. The van der Waals surface area contributed by atoms with Crippen molar-refractivity contribution in [1.29, 1.82) is 0 Å². The molecule has 6 nitrogen and oxygen atoms in total. The van der Waals surface area contributed by atoms with Crippen LogP contribution in [0.2, 0.25) is 0 Å². The molecule has 0 bridgehead atoms. The molecule has 0 aromatic heterocycles. The van der Waals surface area contributed by atoms with Gasteiger partial charge in [0.1, 0.15) is 0 Å². The summed E-state index contributed by atoms with van der Waals surface area (Å²) in [5.74, 6) is 1.82. The van der Waals surface area contributed by atoms with Crippen LogP contribution in [0.1, 0.15) is 169 Å². The van der Waals surface area contributed by atoms with E-state index in [9.17, 15) is 10.2 Å². The number of aliphatic imine (C=N–C) groups is 2. The van der Waals surface area contributed by atoms with E-state index in [0.29, 0.717) is 23.7 Å². The van der Waals surface area contributed by atoms with Gasteiger partial charge in [-0.15, -0.1) is 11.5 Å². The first-order valence-electron chi connectivity index (χ1n) is 18.7. The van der Waals surface area contributed by atoms with Crippen LogP contribution >= 0.6 is 0 Å². The van der Waals surface area contributed by atoms with Crippen LogP contribution in [0.5, 0.6) is 0 Å². The molecule has 0 atom stereocenters. The minimum Gasteiger partial charge on any atom is -0.875 e. The first kappa shape index (κ1) is 52.1. The van der Waals surface area contributed by atoms with Crippen LogP contribution in [0.25, 0.3) is 0 Å². The van der Waals surface area contributed by atoms with Crippen LogP contribution in [-0.2, 0) is 9.47 Å². The SMILES string of the molecule is C1CCOC1.C1CCOC1.CC(=Nc1c(C(C)C)cccc1C(C)C)/C(C)=C(/C)[O-].CC(=Nc1c(C(C)C)cccc1C(C)C)/C(C)=C(/C)[O-].[Li+].[Li+]. The summed E-state index contributed by atoms with van der Waals surface area (Å²) in [4.78, 5) is 9.56. The summed E-state index contributed by atoms with van der Waals surface area (Å²) >= 11 is 0. The quantitative estimate of drug-likeness (QED) is 0.221. The monoisotopic (exact) mass is 703 g/mol. The summed E-state index contributed by atoms with van der Waals surface area (Å²) in [6.07, 6.45) is 5.11. The van der Waals surface area contributed by atoms with Gasteiger partial charge in [0.2, 0.25) is 0 Å². The van der Waals surface area contributed by atoms with E-state index < -0.39 is 0 Å². The van der Waals surface area contributed by atoms with Crippen LogP contribution < -0.4 is 47.9 Å². The second-order valence-corrected chi connectivity index (χ2v) is 14.6. The Hall–Kier alpha value is -2.03. The van der Waals surface area contributed by atoms with Crippen molar-refractivity contribution < 1.29 is 57.4 Å². The predicted molar refractivity (Wildman–Crippen MR) is 212 cm³/mol. The van der Waals surface area contributed by atoms with Crippen molar-refractivity contribution >= 4 is 22.8 Å². The zero-order valence-corrected chi connectivity index (χ0v) is 36.0. The fraction of sp³-hybridized carbons (Fsp3) is 0.591. The van der Waals surface area contributed by atoms with Crippen molar-refractivity contribution in [1.82, 2.24) is 0 Å². The summed E-state index contributed by atoms with van der Waals surface area (Å²) in [6, 6.07) is 12.7. The standard InChI is InChI=1S/2C18H27NO.2C4H8O.2Li/c2*1-11(2)16-9-8-10-17(12(3)4)18(16)19-14(6)13(5)15(7)20;2*1-2-4-5-3-1;;/h2*8-12,20H,1-7H3;2*1-4H2;;/q;;;;2*+1/p-2/b2*15-13-,19-14?;;;;. The number of ether oxygens (including phenoxy) is 2. The van der Waals surface area contributed by atoms with E-state index in [2.05, 4.69) is 91.8 Å². The maximum Gasteiger partial charge on any atom is 1.00 e. The zero-order valence-electron chi connectivity index (χ0n) is 36.0. The molecule has 4 rings (SSSR count). The molecule has 2 saturated heterocycles. The van der Waals surface area contributed by atoms with E-state index in [0.717, 1.165) is 60.4 Å². The van der Waals surface area contributed by atoms with Crippen molar-refractivity contribution in [3.8, 4) is 0 Å². The molecular weight excluding hydrogens is 634 g/mol. The van der Waals surface area contributed by atoms with E-state index in [1.165, 1.54) is 47.9 Å². The Balaban J connectivity index is 0. The molecule has 52 heavy (non-hydrogen) atoms. The first-order chi connectivity index (χ1) is 23.5. The van der Waals surface area contributed by atoms with Crippen molar-refractivity contribution in [2.45, 2.75) is 146 Å². The fourth-order valence-corrected chi connectivity index (χ4v) is 5.31. The second-order valence-electron chi connectivity index (χ2n) is 14.6. The summed E-state index contributed by atoms with van der Waals surface area (Å²) in [5, 5.41) is 23.0. The number of benzene rings is 2. The topological polar surface area (TPSA) is 89.3 Å². The van der Waals surface area contributed by atoms with Gasteiger partial charge in [0.25, 0.3) is 0 Å². The van der Waals surface area contributed by atoms with Crippen molar-refractivity contribution in [2.24, 2.45) is 9.98 Å². The predicted octanol–water partition coefficient (Wildman–Crippen LogP) is 4.96. The fourth-order valence-electron chi connectivity index (χ4n) is 5.31. The van der Waals surface area contributed by atoms with Gasteiger partial charge in [-0.1, -0.05) is 106 Å². The van der Waals surface area contributed by atoms with Crippen molar-refractivity contribution in [3.63, 3.8) is 0 Å². The van der Waals surface area contributed by atoms with E-state index in [-0.39, 0.29) is 49.2 Å². The number of rotatable bonds is 8. The average molecular weight is 703 g/mol. The van der Waals surface area contributed by atoms with Gasteiger partial charge in [-0.05, 0) is 110 Å². The third kappa shape index (κ3) is 18.3. The van der Waals surface area contributed by atoms with Crippen LogP contribution in [-0.4, -0.2) is 37.9 Å². The minimum atomic E-state index is 0. The van der Waals surface area contributed by atoms with Gasteiger partial charge in [0.15, 0.2) is 0 Å². The third-order valence-electron chi connectivity index (χ3n) is 9.04. The van der Waals surface area contributed by atoms with Crippen LogP contribution in [0, 0.1) is 0 Å². The Morgan fingerprint density at radius 1 is 0.481 bits per heavy atom. The number of para-hydroxylation sites is 2. The smallest absolute Gasteiger partial charge is 0.875 e. The average Bonchev–Trinajstić information content (AvgIpc) is 3.84. The van der Waals surface area contributed by atoms with E-state index in [4.69, 9.17) is 19.5 Å². The maximum atomic E-state index is 11.5. The number of allylic oxidation sites excluding steroid dienone is 4. The van der Waals surface area contributed by atoms with Crippen molar-refractivity contribution in [3.05, 3.63) is 81.3 Å².